The van der Waals surface area contributed by atoms with Crippen molar-refractivity contribution < 1.29 is 18.0 Å². The maximum atomic E-state index is 13.6. The summed E-state index contributed by atoms with van der Waals surface area (Å²) in [5.74, 6) is -0.884. The van der Waals surface area contributed by atoms with Gasteiger partial charge in [0.1, 0.15) is 5.70 Å². The fourth-order valence-corrected chi connectivity index (χ4v) is 6.20. The number of piperidine rings is 1. The van der Waals surface area contributed by atoms with Gasteiger partial charge in [0.05, 0.1) is 0 Å². The van der Waals surface area contributed by atoms with E-state index in [-0.39, 0.29) is 21.9 Å². The molecule has 0 bridgehead atoms. The fourth-order valence-electron chi connectivity index (χ4n) is 4.39. The number of benzene rings is 1. The van der Waals surface area contributed by atoms with Crippen LogP contribution in [0.15, 0.2) is 34.9 Å². The first-order valence-electron chi connectivity index (χ1n) is 10.2. The largest absolute Gasteiger partial charge is 0.367 e. The van der Waals surface area contributed by atoms with Crippen molar-refractivity contribution in [3.05, 3.63) is 46.0 Å². The van der Waals surface area contributed by atoms with E-state index in [4.69, 9.17) is 0 Å². The average molecular weight is 403 g/mol. The highest BCUT2D eigenvalue weighted by Crippen LogP contribution is 2.34. The zero-order valence-electron chi connectivity index (χ0n) is 16.0. The quantitative estimate of drug-likeness (QED) is 0.777. The Labute approximate surface area is 166 Å². The molecule has 3 aliphatic rings. The summed E-state index contributed by atoms with van der Waals surface area (Å²) in [6.07, 6.45) is 6.37. The molecule has 1 aliphatic carbocycles. The third kappa shape index (κ3) is 3.31. The van der Waals surface area contributed by atoms with Crippen LogP contribution in [0.5, 0.6) is 0 Å². The summed E-state index contributed by atoms with van der Waals surface area (Å²) in [6, 6.07) is 6.56. The van der Waals surface area contributed by atoms with Crippen molar-refractivity contribution in [3.63, 3.8) is 0 Å². The van der Waals surface area contributed by atoms with E-state index in [1.165, 1.54) is 4.31 Å². The molecule has 0 amide bonds. The lowest BCUT2D eigenvalue weighted by Gasteiger charge is -2.34. The number of hydrogen-bond donors (Lipinski definition) is 0. The molecule has 150 valence electrons. The Kier molecular flexibility index (Phi) is 5.38. The van der Waals surface area contributed by atoms with Gasteiger partial charge in [0.15, 0.2) is 4.91 Å². The molecule has 0 N–H and O–H groups in total. The van der Waals surface area contributed by atoms with Crippen molar-refractivity contribution in [2.24, 2.45) is 0 Å². The van der Waals surface area contributed by atoms with Crippen molar-refractivity contribution in [1.29, 1.82) is 0 Å². The van der Waals surface area contributed by atoms with Gasteiger partial charge in [-0.25, -0.2) is 8.42 Å². The molecule has 7 heteroatoms. The van der Waals surface area contributed by atoms with E-state index in [0.717, 1.165) is 44.9 Å². The van der Waals surface area contributed by atoms with Crippen LogP contribution in [0, 0.1) is 0 Å². The van der Waals surface area contributed by atoms with E-state index >= 15 is 0 Å². The number of Topliss-reactive ketones (excluding diaryl/α,β-unsaturated/α-hetero) is 2. The first-order chi connectivity index (χ1) is 13.5. The van der Waals surface area contributed by atoms with Gasteiger partial charge in [-0.3, -0.25) is 9.59 Å². The number of allylic oxidation sites excluding steroid dienone is 2. The highest BCUT2D eigenvalue weighted by atomic mass is 32.2. The molecule has 2 fully saturated rings. The average Bonchev–Trinajstić information content (AvgIpc) is 3.01. The molecule has 28 heavy (non-hydrogen) atoms. The summed E-state index contributed by atoms with van der Waals surface area (Å²) in [7, 11) is -4.03. The minimum atomic E-state index is -4.03. The van der Waals surface area contributed by atoms with Crippen LogP contribution >= 0.6 is 0 Å². The van der Waals surface area contributed by atoms with Gasteiger partial charge in [0, 0.05) is 37.3 Å². The number of nitrogens with zero attached hydrogens (tertiary/aromatic N) is 2. The van der Waals surface area contributed by atoms with Crippen LogP contribution in [-0.2, 0) is 10.0 Å². The number of fused-ring (bicyclic) bond motifs is 1. The second kappa shape index (κ2) is 7.79. The van der Waals surface area contributed by atoms with Gasteiger partial charge in [0.25, 0.3) is 0 Å². The smallest absolute Gasteiger partial charge is 0.249 e. The monoisotopic (exact) mass is 402 g/mol. The van der Waals surface area contributed by atoms with Crippen molar-refractivity contribution in [2.75, 3.05) is 26.2 Å². The summed E-state index contributed by atoms with van der Waals surface area (Å²) in [5, 5.41) is 0. The van der Waals surface area contributed by atoms with E-state index < -0.39 is 15.8 Å². The third-order valence-electron chi connectivity index (χ3n) is 5.89. The Balaban J connectivity index is 1.87. The number of hydrogen-bond acceptors (Lipinski definition) is 5. The van der Waals surface area contributed by atoms with Crippen LogP contribution in [0.4, 0.5) is 0 Å². The molecule has 0 unspecified atom stereocenters. The lowest BCUT2D eigenvalue weighted by molar-refractivity contribution is 0.0939. The molecule has 1 aromatic carbocycles. The second-order valence-electron chi connectivity index (χ2n) is 7.75. The minimum absolute atomic E-state index is 0.0904. The van der Waals surface area contributed by atoms with E-state index in [9.17, 15) is 18.0 Å². The standard InChI is InChI=1S/C21H26N2O4S/c24-19-16-10-4-5-11-17(16)20(25)21(18(19)22-12-6-3-7-13-22)28(26,27)23-14-8-1-2-9-15-23/h4-5,10-11H,1-3,6-9,12-15H2. The predicted octanol–water partition coefficient (Wildman–Crippen LogP) is 2.97. The van der Waals surface area contributed by atoms with Gasteiger partial charge in [-0.05, 0) is 32.1 Å². The molecule has 4 rings (SSSR count). The molecule has 2 saturated heterocycles. The molecule has 6 nitrogen and oxygen atoms in total. The summed E-state index contributed by atoms with van der Waals surface area (Å²) in [5.41, 5.74) is 0.595. The number of rotatable bonds is 3. The van der Waals surface area contributed by atoms with Crippen LogP contribution in [0.3, 0.4) is 0 Å². The van der Waals surface area contributed by atoms with Gasteiger partial charge in [-0.1, -0.05) is 37.1 Å². The molecule has 0 saturated carbocycles. The molecule has 0 aromatic heterocycles. The zero-order valence-corrected chi connectivity index (χ0v) is 16.8. The molecule has 0 radical (unpaired) electrons. The van der Waals surface area contributed by atoms with Gasteiger partial charge >= 0.3 is 0 Å². The summed E-state index contributed by atoms with van der Waals surface area (Å²) >= 11 is 0. The van der Waals surface area contributed by atoms with Crippen molar-refractivity contribution >= 4 is 21.6 Å². The first kappa shape index (κ1) is 19.3. The van der Waals surface area contributed by atoms with Gasteiger partial charge < -0.3 is 4.90 Å². The minimum Gasteiger partial charge on any atom is -0.367 e. The van der Waals surface area contributed by atoms with Crippen LogP contribution in [0.2, 0.25) is 0 Å². The molecule has 2 aliphatic heterocycles. The summed E-state index contributed by atoms with van der Waals surface area (Å²) in [6.45, 7) is 2.02. The van der Waals surface area contributed by atoms with Gasteiger partial charge in [-0.15, -0.1) is 0 Å². The van der Waals surface area contributed by atoms with Crippen LogP contribution < -0.4 is 0 Å². The second-order valence-corrected chi connectivity index (χ2v) is 9.62. The number of likely N-dealkylation sites (tertiary alicyclic amines) is 1. The fraction of sp³-hybridized carbons (Fsp3) is 0.524. The normalized spacial score (nSPS) is 22.2. The predicted molar refractivity (Wildman–Crippen MR) is 107 cm³/mol. The number of ketones is 2. The molecular formula is C21H26N2O4S. The molecule has 2 heterocycles. The van der Waals surface area contributed by atoms with Gasteiger partial charge in [-0.2, -0.15) is 4.31 Å². The van der Waals surface area contributed by atoms with E-state index in [1.54, 1.807) is 24.3 Å². The maximum absolute atomic E-state index is 13.6. The van der Waals surface area contributed by atoms with Gasteiger partial charge in [0.2, 0.25) is 21.6 Å². The maximum Gasteiger partial charge on any atom is 0.249 e. The Bertz CT molecular complexity index is 921. The first-order valence-corrected chi connectivity index (χ1v) is 11.6. The van der Waals surface area contributed by atoms with Crippen LogP contribution in [0.1, 0.15) is 65.7 Å². The van der Waals surface area contributed by atoms with Crippen molar-refractivity contribution in [3.8, 4) is 0 Å². The van der Waals surface area contributed by atoms with E-state index in [1.807, 2.05) is 4.90 Å². The number of carbonyl (C=O) groups is 2. The lowest BCUT2D eigenvalue weighted by atomic mass is 9.91. The molecule has 0 atom stereocenters. The topological polar surface area (TPSA) is 74.8 Å². The Hall–Kier alpha value is -1.99. The zero-order chi connectivity index (χ0) is 19.7. The Morgan fingerprint density at radius 2 is 1.18 bits per heavy atom. The third-order valence-corrected chi connectivity index (χ3v) is 7.83. The van der Waals surface area contributed by atoms with E-state index in [0.29, 0.717) is 31.7 Å². The Morgan fingerprint density at radius 1 is 0.679 bits per heavy atom. The molecule has 1 aromatic rings. The van der Waals surface area contributed by atoms with E-state index in [2.05, 4.69) is 0 Å². The van der Waals surface area contributed by atoms with Crippen molar-refractivity contribution in [2.45, 2.75) is 44.9 Å². The lowest BCUT2D eigenvalue weighted by Crippen LogP contribution is -2.43. The number of sulfonamides is 1. The SMILES string of the molecule is O=C1C(N2CCCCC2)=C(S(=O)(=O)N2CCCCCC2)C(=O)c2ccccc21. The molecule has 0 spiro atoms. The van der Waals surface area contributed by atoms with Crippen molar-refractivity contribution in [1.82, 2.24) is 9.21 Å². The highest BCUT2D eigenvalue weighted by Gasteiger charge is 2.43. The summed E-state index contributed by atoms with van der Waals surface area (Å²) in [4.78, 5) is 28.2. The van der Waals surface area contributed by atoms with Crippen LogP contribution in [0.25, 0.3) is 0 Å². The number of carbonyl (C=O) groups excluding carboxylic acids is 2. The summed E-state index contributed by atoms with van der Waals surface area (Å²) < 4.78 is 28.6. The highest BCUT2D eigenvalue weighted by molar-refractivity contribution is 7.94. The Morgan fingerprint density at radius 3 is 1.79 bits per heavy atom. The molecular weight excluding hydrogens is 376 g/mol. The van der Waals surface area contributed by atoms with Crippen LogP contribution in [-0.4, -0.2) is 55.4 Å².